The van der Waals surface area contributed by atoms with Gasteiger partial charge in [0.15, 0.2) is 0 Å². The van der Waals surface area contributed by atoms with E-state index in [-0.39, 0.29) is 12.4 Å². The van der Waals surface area contributed by atoms with Crippen LogP contribution in [0, 0.1) is 15.9 Å². The summed E-state index contributed by atoms with van der Waals surface area (Å²) in [5.74, 6) is -0.428. The number of halogens is 1. The molecule has 0 spiro atoms. The fraction of sp³-hybridized carbons (Fsp3) is 0.0769. The number of nitrogens with zero attached hydrogens (tertiary/aromatic N) is 1. The number of ether oxygens (including phenoxy) is 1. The minimum atomic E-state index is -0.759. The molecule has 6 heteroatoms. The summed E-state index contributed by atoms with van der Waals surface area (Å²) in [5, 5.41) is 19.8. The van der Waals surface area contributed by atoms with Crippen molar-refractivity contribution in [2.24, 2.45) is 0 Å². The zero-order valence-electron chi connectivity index (χ0n) is 9.75. The van der Waals surface area contributed by atoms with Crippen molar-refractivity contribution in [2.75, 3.05) is 0 Å². The highest BCUT2D eigenvalue weighted by Gasteiger charge is 2.12. The highest BCUT2D eigenvalue weighted by molar-refractivity contribution is 5.43. The lowest BCUT2D eigenvalue weighted by atomic mass is 10.2. The fourth-order valence-corrected chi connectivity index (χ4v) is 1.57. The van der Waals surface area contributed by atoms with Gasteiger partial charge < -0.3 is 9.84 Å². The number of nitro groups is 1. The van der Waals surface area contributed by atoms with Crippen molar-refractivity contribution in [3.63, 3.8) is 0 Å². The van der Waals surface area contributed by atoms with Crippen molar-refractivity contribution in [1.29, 1.82) is 0 Å². The van der Waals surface area contributed by atoms with Gasteiger partial charge in [0.2, 0.25) is 0 Å². The fourth-order valence-electron chi connectivity index (χ4n) is 1.57. The van der Waals surface area contributed by atoms with E-state index in [1.165, 1.54) is 0 Å². The van der Waals surface area contributed by atoms with Gasteiger partial charge in [0.1, 0.15) is 17.3 Å². The van der Waals surface area contributed by atoms with Crippen LogP contribution in [0.2, 0.25) is 0 Å². The largest absolute Gasteiger partial charge is 0.457 e. The van der Waals surface area contributed by atoms with Gasteiger partial charge in [-0.15, -0.1) is 0 Å². The Labute approximate surface area is 108 Å². The zero-order valence-corrected chi connectivity index (χ0v) is 9.75. The first-order valence-electron chi connectivity index (χ1n) is 5.42. The highest BCUT2D eigenvalue weighted by atomic mass is 19.1. The molecule has 0 heterocycles. The molecule has 0 aromatic heterocycles. The van der Waals surface area contributed by atoms with Crippen LogP contribution in [-0.2, 0) is 6.61 Å². The van der Waals surface area contributed by atoms with Crippen molar-refractivity contribution in [3.8, 4) is 11.5 Å². The Kier molecular flexibility index (Phi) is 3.72. The predicted molar refractivity (Wildman–Crippen MR) is 65.5 cm³/mol. The third-order valence-electron chi connectivity index (χ3n) is 2.44. The average Bonchev–Trinajstić information content (AvgIpc) is 2.38. The Bertz CT molecular complexity index is 615. The molecule has 0 bridgehead atoms. The van der Waals surface area contributed by atoms with Crippen LogP contribution in [0.1, 0.15) is 5.56 Å². The molecule has 0 atom stereocenters. The van der Waals surface area contributed by atoms with Crippen LogP contribution in [0.3, 0.4) is 0 Å². The number of rotatable bonds is 4. The molecule has 98 valence electrons. The Morgan fingerprint density at radius 2 is 2.00 bits per heavy atom. The molecule has 1 N–H and O–H groups in total. The number of hydrogen-bond donors (Lipinski definition) is 1. The first kappa shape index (κ1) is 13.0. The maximum Gasteiger partial charge on any atom is 0.276 e. The third kappa shape index (κ3) is 3.05. The number of nitro benzene ring substituents is 1. The van der Waals surface area contributed by atoms with E-state index >= 15 is 0 Å². The molecule has 5 nitrogen and oxygen atoms in total. The molecule has 0 saturated heterocycles. The van der Waals surface area contributed by atoms with E-state index in [2.05, 4.69) is 0 Å². The number of benzene rings is 2. The minimum Gasteiger partial charge on any atom is -0.457 e. The topological polar surface area (TPSA) is 72.6 Å². The van der Waals surface area contributed by atoms with Crippen LogP contribution in [0.5, 0.6) is 11.5 Å². The molecule has 0 amide bonds. The van der Waals surface area contributed by atoms with Crippen molar-refractivity contribution in [3.05, 3.63) is 64.0 Å². The highest BCUT2D eigenvalue weighted by Crippen LogP contribution is 2.28. The van der Waals surface area contributed by atoms with Gasteiger partial charge in [0.05, 0.1) is 23.7 Å². The Morgan fingerprint density at radius 3 is 2.68 bits per heavy atom. The van der Waals surface area contributed by atoms with Crippen LogP contribution in [-0.4, -0.2) is 10.0 Å². The Hall–Kier alpha value is -2.47. The van der Waals surface area contributed by atoms with Crippen LogP contribution >= 0.6 is 0 Å². The normalized spacial score (nSPS) is 10.2. The van der Waals surface area contributed by atoms with E-state index < -0.39 is 16.4 Å². The van der Waals surface area contributed by atoms with E-state index in [0.717, 1.165) is 18.2 Å². The molecule has 0 unspecified atom stereocenters. The smallest absolute Gasteiger partial charge is 0.276 e. The van der Waals surface area contributed by atoms with Crippen molar-refractivity contribution in [1.82, 2.24) is 0 Å². The van der Waals surface area contributed by atoms with E-state index in [1.807, 2.05) is 0 Å². The van der Waals surface area contributed by atoms with Crippen molar-refractivity contribution in [2.45, 2.75) is 6.61 Å². The summed E-state index contributed by atoms with van der Waals surface area (Å²) >= 11 is 0. The molecule has 2 aromatic carbocycles. The molecular formula is C13H10FNO4. The van der Waals surface area contributed by atoms with Crippen LogP contribution in [0.25, 0.3) is 0 Å². The quantitative estimate of drug-likeness (QED) is 0.679. The monoisotopic (exact) mass is 263 g/mol. The lowest BCUT2D eigenvalue weighted by Gasteiger charge is -2.09. The average molecular weight is 263 g/mol. The molecule has 19 heavy (non-hydrogen) atoms. The van der Waals surface area contributed by atoms with Gasteiger partial charge in [-0.05, 0) is 6.07 Å². The van der Waals surface area contributed by atoms with E-state index in [9.17, 15) is 14.5 Å². The SMILES string of the molecule is O=[N+]([O-])c1cc(F)cc(Oc2ccccc2CO)c1. The molecule has 0 aliphatic carbocycles. The minimum absolute atomic E-state index is 0.00704. The second kappa shape index (κ2) is 5.45. The number of aliphatic hydroxyl groups excluding tert-OH is 1. The summed E-state index contributed by atoms with van der Waals surface area (Å²) in [7, 11) is 0. The molecule has 2 aromatic rings. The number of non-ortho nitro benzene ring substituents is 1. The summed E-state index contributed by atoms with van der Waals surface area (Å²) in [6.45, 7) is -0.242. The molecule has 0 aliphatic rings. The van der Waals surface area contributed by atoms with Gasteiger partial charge in [0.25, 0.3) is 5.69 Å². The standard InChI is InChI=1S/C13H10FNO4/c14-10-5-11(15(17)18)7-12(6-10)19-13-4-2-1-3-9(13)8-16/h1-7,16H,8H2. The van der Waals surface area contributed by atoms with Crippen LogP contribution in [0.15, 0.2) is 42.5 Å². The molecule has 2 rings (SSSR count). The lowest BCUT2D eigenvalue weighted by molar-refractivity contribution is -0.385. The Balaban J connectivity index is 2.35. The Morgan fingerprint density at radius 1 is 1.26 bits per heavy atom. The van der Waals surface area contributed by atoms with E-state index in [1.54, 1.807) is 24.3 Å². The second-order valence-corrected chi connectivity index (χ2v) is 3.77. The first-order chi connectivity index (χ1) is 9.10. The maximum absolute atomic E-state index is 13.2. The number of para-hydroxylation sites is 1. The molecule has 0 aliphatic heterocycles. The third-order valence-corrected chi connectivity index (χ3v) is 2.44. The van der Waals surface area contributed by atoms with Crippen molar-refractivity contribution < 1.29 is 19.2 Å². The summed E-state index contributed by atoms with van der Waals surface area (Å²) in [5.41, 5.74) is 0.117. The molecule has 0 radical (unpaired) electrons. The summed E-state index contributed by atoms with van der Waals surface area (Å²) < 4.78 is 18.6. The van der Waals surface area contributed by atoms with Crippen LogP contribution < -0.4 is 4.74 Å². The van der Waals surface area contributed by atoms with Gasteiger partial charge >= 0.3 is 0 Å². The van der Waals surface area contributed by atoms with Crippen molar-refractivity contribution >= 4 is 5.69 Å². The van der Waals surface area contributed by atoms with E-state index in [4.69, 9.17) is 9.84 Å². The first-order valence-corrected chi connectivity index (χ1v) is 5.42. The predicted octanol–water partition coefficient (Wildman–Crippen LogP) is 3.02. The van der Waals surface area contributed by atoms with Gasteiger partial charge in [-0.3, -0.25) is 10.1 Å². The van der Waals surface area contributed by atoms with Gasteiger partial charge in [0, 0.05) is 11.6 Å². The van der Waals surface area contributed by atoms with Gasteiger partial charge in [-0.1, -0.05) is 18.2 Å². The van der Waals surface area contributed by atoms with Crippen LogP contribution in [0.4, 0.5) is 10.1 Å². The molecular weight excluding hydrogens is 253 g/mol. The molecule has 0 saturated carbocycles. The second-order valence-electron chi connectivity index (χ2n) is 3.77. The molecule has 0 fully saturated rings. The summed E-state index contributed by atoms with van der Waals surface area (Å²) in [6.07, 6.45) is 0. The van der Waals surface area contributed by atoms with Gasteiger partial charge in [-0.25, -0.2) is 4.39 Å². The summed E-state index contributed by atoms with van der Waals surface area (Å²) in [6, 6.07) is 9.60. The number of hydrogen-bond acceptors (Lipinski definition) is 4. The van der Waals surface area contributed by atoms with Gasteiger partial charge in [-0.2, -0.15) is 0 Å². The maximum atomic E-state index is 13.2. The lowest BCUT2D eigenvalue weighted by Crippen LogP contribution is -1.94. The zero-order chi connectivity index (χ0) is 13.8. The van der Waals surface area contributed by atoms with E-state index in [0.29, 0.717) is 11.3 Å². The number of aliphatic hydroxyl groups is 1. The summed E-state index contributed by atoms with van der Waals surface area (Å²) in [4.78, 5) is 9.92.